The molecule has 154 valence electrons. The Bertz CT molecular complexity index is 972. The van der Waals surface area contributed by atoms with E-state index in [0.717, 1.165) is 11.3 Å². The Labute approximate surface area is 175 Å². The molecule has 1 heterocycles. The van der Waals surface area contributed by atoms with Crippen LogP contribution in [-0.4, -0.2) is 23.0 Å². The van der Waals surface area contributed by atoms with E-state index in [4.69, 9.17) is 4.74 Å². The monoisotopic (exact) mass is 404 g/mol. The van der Waals surface area contributed by atoms with Crippen molar-refractivity contribution in [1.29, 1.82) is 0 Å². The summed E-state index contributed by atoms with van der Waals surface area (Å²) in [5.74, 6) is 0.516. The first-order valence-corrected chi connectivity index (χ1v) is 9.61. The van der Waals surface area contributed by atoms with E-state index in [1.807, 2.05) is 38.1 Å². The first-order chi connectivity index (χ1) is 14.5. The molecule has 0 bridgehead atoms. The highest BCUT2D eigenvalue weighted by Crippen LogP contribution is 2.18. The van der Waals surface area contributed by atoms with Crippen LogP contribution in [0.5, 0.6) is 5.75 Å². The smallest absolute Gasteiger partial charge is 0.319 e. The quantitative estimate of drug-likeness (QED) is 0.543. The number of hydrogen-bond donors (Lipinski definition) is 3. The number of nitrogens with one attached hydrogen (secondary N) is 3. The van der Waals surface area contributed by atoms with Gasteiger partial charge in [0.25, 0.3) is 5.91 Å². The maximum Gasteiger partial charge on any atom is 0.319 e. The molecule has 0 aliphatic carbocycles. The van der Waals surface area contributed by atoms with E-state index in [-0.39, 0.29) is 18.0 Å². The molecule has 2 aromatic carbocycles. The molecule has 3 aromatic rings. The number of hydrogen-bond acceptors (Lipinski definition) is 4. The van der Waals surface area contributed by atoms with Crippen molar-refractivity contribution in [3.8, 4) is 5.75 Å². The summed E-state index contributed by atoms with van der Waals surface area (Å²) < 4.78 is 5.59. The molecule has 1 aromatic heterocycles. The average Bonchev–Trinajstić information content (AvgIpc) is 2.74. The Hall–Kier alpha value is -3.87. The maximum absolute atomic E-state index is 12.4. The minimum Gasteiger partial charge on any atom is -0.491 e. The maximum atomic E-state index is 12.4. The fourth-order valence-corrected chi connectivity index (χ4v) is 2.66. The van der Waals surface area contributed by atoms with Crippen molar-refractivity contribution in [3.63, 3.8) is 0 Å². The summed E-state index contributed by atoms with van der Waals surface area (Å²) in [5.41, 5.74) is 2.71. The van der Waals surface area contributed by atoms with Gasteiger partial charge in [-0.15, -0.1) is 0 Å². The highest BCUT2D eigenvalue weighted by Gasteiger charge is 2.08. The zero-order chi connectivity index (χ0) is 21.3. The second-order valence-corrected chi connectivity index (χ2v) is 6.89. The van der Waals surface area contributed by atoms with Crippen LogP contribution in [0.4, 0.5) is 16.2 Å². The van der Waals surface area contributed by atoms with Crippen molar-refractivity contribution in [1.82, 2.24) is 10.3 Å². The Balaban J connectivity index is 1.50. The predicted octanol–water partition coefficient (Wildman–Crippen LogP) is 4.44. The third-order valence-electron chi connectivity index (χ3n) is 4.09. The molecule has 7 heteroatoms. The standard InChI is InChI=1S/C23H24N4O3/c1-16(2)30-21-9-7-19(8-10-21)26-22(28)18-3-5-20(6-4-18)27-23(29)25-15-17-11-13-24-14-12-17/h3-14,16H,15H2,1-2H3,(H,26,28)(H2,25,27,29). The summed E-state index contributed by atoms with van der Waals surface area (Å²) in [4.78, 5) is 28.4. The Morgan fingerprint density at radius 2 is 1.47 bits per heavy atom. The Morgan fingerprint density at radius 1 is 0.867 bits per heavy atom. The molecule has 0 unspecified atom stereocenters. The fraction of sp³-hybridized carbons (Fsp3) is 0.174. The number of carbonyl (C=O) groups is 2. The number of anilines is 2. The third kappa shape index (κ3) is 6.34. The van der Waals surface area contributed by atoms with Crippen molar-refractivity contribution in [3.05, 3.63) is 84.2 Å². The van der Waals surface area contributed by atoms with Crippen LogP contribution in [0, 0.1) is 0 Å². The molecule has 0 aliphatic rings. The second-order valence-electron chi connectivity index (χ2n) is 6.89. The van der Waals surface area contributed by atoms with Crippen LogP contribution in [0.15, 0.2) is 73.1 Å². The number of pyridine rings is 1. The minimum atomic E-state index is -0.326. The number of carbonyl (C=O) groups excluding carboxylic acids is 2. The lowest BCUT2D eigenvalue weighted by atomic mass is 10.2. The van der Waals surface area contributed by atoms with Gasteiger partial charge in [0.05, 0.1) is 6.10 Å². The second kappa shape index (κ2) is 10.1. The Morgan fingerprint density at radius 3 is 2.10 bits per heavy atom. The lowest BCUT2D eigenvalue weighted by molar-refractivity contribution is 0.102. The molecule has 3 N–H and O–H groups in total. The normalized spacial score (nSPS) is 10.4. The molecule has 30 heavy (non-hydrogen) atoms. The van der Waals surface area contributed by atoms with Crippen molar-refractivity contribution >= 4 is 23.3 Å². The van der Waals surface area contributed by atoms with Crippen LogP contribution >= 0.6 is 0 Å². The SMILES string of the molecule is CC(C)Oc1ccc(NC(=O)c2ccc(NC(=O)NCc3ccncc3)cc2)cc1. The van der Waals surface area contributed by atoms with Crippen molar-refractivity contribution in [2.45, 2.75) is 26.5 Å². The molecule has 7 nitrogen and oxygen atoms in total. The minimum absolute atomic E-state index is 0.0929. The van der Waals surface area contributed by atoms with Gasteiger partial charge >= 0.3 is 6.03 Å². The fourth-order valence-electron chi connectivity index (χ4n) is 2.66. The lowest BCUT2D eigenvalue weighted by Crippen LogP contribution is -2.28. The number of aromatic nitrogens is 1. The van der Waals surface area contributed by atoms with Crippen LogP contribution < -0.4 is 20.7 Å². The average molecular weight is 404 g/mol. The lowest BCUT2D eigenvalue weighted by Gasteiger charge is -2.11. The van der Waals surface area contributed by atoms with Crippen LogP contribution in [-0.2, 0) is 6.54 Å². The molecule has 3 amide bonds. The number of benzene rings is 2. The summed E-state index contributed by atoms with van der Waals surface area (Å²) in [6.07, 6.45) is 3.44. The van der Waals surface area contributed by atoms with Gasteiger partial charge in [-0.2, -0.15) is 0 Å². The molecule has 0 atom stereocenters. The van der Waals surface area contributed by atoms with Gasteiger partial charge in [0.15, 0.2) is 0 Å². The molecule has 0 saturated carbocycles. The first kappa shape index (κ1) is 20.9. The van der Waals surface area contributed by atoms with E-state index < -0.39 is 0 Å². The molecule has 0 fully saturated rings. The van der Waals surface area contributed by atoms with Crippen molar-refractivity contribution < 1.29 is 14.3 Å². The van der Waals surface area contributed by atoms with Crippen LogP contribution in [0.3, 0.4) is 0 Å². The van der Waals surface area contributed by atoms with Gasteiger partial charge in [-0.3, -0.25) is 9.78 Å². The highest BCUT2D eigenvalue weighted by molar-refractivity contribution is 6.04. The van der Waals surface area contributed by atoms with E-state index in [0.29, 0.717) is 23.5 Å². The van der Waals surface area contributed by atoms with Crippen molar-refractivity contribution in [2.75, 3.05) is 10.6 Å². The molecular formula is C23H24N4O3. The van der Waals surface area contributed by atoms with Gasteiger partial charge in [-0.05, 0) is 80.1 Å². The van der Waals surface area contributed by atoms with Gasteiger partial charge in [-0.1, -0.05) is 0 Å². The summed E-state index contributed by atoms with van der Waals surface area (Å²) in [6.45, 7) is 4.31. The Kier molecular flexibility index (Phi) is 7.00. The number of urea groups is 1. The molecule has 0 spiro atoms. The van der Waals surface area contributed by atoms with Crippen LogP contribution in [0.1, 0.15) is 29.8 Å². The number of nitrogens with zero attached hydrogens (tertiary/aromatic N) is 1. The summed E-state index contributed by atoms with van der Waals surface area (Å²) in [6, 6.07) is 17.2. The number of amides is 3. The molecule has 0 aliphatic heterocycles. The topological polar surface area (TPSA) is 92.4 Å². The van der Waals surface area contributed by atoms with Gasteiger partial charge in [0.2, 0.25) is 0 Å². The summed E-state index contributed by atoms with van der Waals surface area (Å²) in [7, 11) is 0. The van der Waals surface area contributed by atoms with Crippen molar-refractivity contribution in [2.24, 2.45) is 0 Å². The van der Waals surface area contributed by atoms with Crippen LogP contribution in [0.2, 0.25) is 0 Å². The van der Waals surface area contributed by atoms with Crippen LogP contribution in [0.25, 0.3) is 0 Å². The highest BCUT2D eigenvalue weighted by atomic mass is 16.5. The molecule has 0 radical (unpaired) electrons. The molecular weight excluding hydrogens is 380 g/mol. The van der Waals surface area contributed by atoms with E-state index in [1.54, 1.807) is 48.8 Å². The zero-order valence-corrected chi connectivity index (χ0v) is 16.9. The van der Waals surface area contributed by atoms with E-state index in [9.17, 15) is 9.59 Å². The van der Waals surface area contributed by atoms with E-state index >= 15 is 0 Å². The predicted molar refractivity (Wildman–Crippen MR) is 117 cm³/mol. The van der Waals surface area contributed by atoms with Gasteiger partial charge in [0.1, 0.15) is 5.75 Å². The molecule has 0 saturated heterocycles. The van der Waals surface area contributed by atoms with E-state index in [1.165, 1.54) is 0 Å². The van der Waals surface area contributed by atoms with Gasteiger partial charge < -0.3 is 20.7 Å². The third-order valence-corrected chi connectivity index (χ3v) is 4.09. The summed E-state index contributed by atoms with van der Waals surface area (Å²) in [5, 5.41) is 8.34. The van der Waals surface area contributed by atoms with Gasteiger partial charge in [-0.25, -0.2) is 4.79 Å². The number of rotatable bonds is 7. The summed E-state index contributed by atoms with van der Waals surface area (Å²) >= 11 is 0. The van der Waals surface area contributed by atoms with Gasteiger partial charge in [0, 0.05) is 35.9 Å². The zero-order valence-electron chi connectivity index (χ0n) is 16.9. The largest absolute Gasteiger partial charge is 0.491 e. The molecule has 3 rings (SSSR count). The first-order valence-electron chi connectivity index (χ1n) is 9.61. The number of ether oxygens (including phenoxy) is 1. The van der Waals surface area contributed by atoms with E-state index in [2.05, 4.69) is 20.9 Å².